The van der Waals surface area contributed by atoms with Gasteiger partial charge in [-0.05, 0) is 28.8 Å². The summed E-state index contributed by atoms with van der Waals surface area (Å²) < 4.78 is 0.905. The fraction of sp³-hybridized carbons (Fsp3) is 0.500. The van der Waals surface area contributed by atoms with Crippen LogP contribution in [0.15, 0.2) is 10.7 Å². The minimum absolute atomic E-state index is 0.447. The molecular weight excluding hydrogens is 239 g/mol. The van der Waals surface area contributed by atoms with E-state index in [-0.39, 0.29) is 0 Å². The molecule has 1 aliphatic rings. The average molecular weight is 248 g/mol. The number of nitrogens with zero attached hydrogens (tertiary/aromatic N) is 2. The lowest BCUT2D eigenvalue weighted by Gasteiger charge is -2.01. The number of halogens is 2. The summed E-state index contributed by atoms with van der Waals surface area (Å²) in [7, 11) is 0. The number of hydrogen-bond acceptors (Lipinski definition) is 2. The fourth-order valence-corrected chi connectivity index (χ4v) is 1.75. The largest absolute Gasteiger partial charge is 0.240 e. The van der Waals surface area contributed by atoms with Crippen LogP contribution in [0.5, 0.6) is 0 Å². The lowest BCUT2D eigenvalue weighted by molar-refractivity contribution is 0.894. The first-order chi connectivity index (χ1) is 5.81. The van der Waals surface area contributed by atoms with E-state index in [0.717, 1.165) is 16.0 Å². The maximum atomic E-state index is 5.71. The molecule has 0 spiro atoms. The van der Waals surface area contributed by atoms with Crippen molar-refractivity contribution in [2.45, 2.75) is 24.6 Å². The molecule has 1 saturated carbocycles. The third-order valence-corrected chi connectivity index (χ3v) is 2.82. The second kappa shape index (κ2) is 3.30. The highest BCUT2D eigenvalue weighted by molar-refractivity contribution is 9.10. The van der Waals surface area contributed by atoms with Gasteiger partial charge in [0.25, 0.3) is 0 Å². The van der Waals surface area contributed by atoms with Gasteiger partial charge in [0, 0.05) is 12.1 Å². The predicted molar refractivity (Wildman–Crippen MR) is 51.3 cm³/mol. The highest BCUT2D eigenvalue weighted by atomic mass is 79.9. The predicted octanol–water partition coefficient (Wildman–Crippen LogP) is 2.86. The van der Waals surface area contributed by atoms with Crippen molar-refractivity contribution in [2.24, 2.45) is 0 Å². The molecule has 0 unspecified atom stereocenters. The summed E-state index contributed by atoms with van der Waals surface area (Å²) in [6.45, 7) is 0. The van der Waals surface area contributed by atoms with E-state index in [1.807, 2.05) is 0 Å². The monoisotopic (exact) mass is 246 g/mol. The Morgan fingerprint density at radius 1 is 1.58 bits per heavy atom. The molecular formula is C8H8BrClN2. The molecule has 64 valence electrons. The van der Waals surface area contributed by atoms with E-state index in [1.165, 1.54) is 12.8 Å². The normalized spacial score (nSPS) is 16.5. The van der Waals surface area contributed by atoms with Gasteiger partial charge in [-0.2, -0.15) is 0 Å². The van der Waals surface area contributed by atoms with E-state index in [0.29, 0.717) is 11.8 Å². The average Bonchev–Trinajstić information content (AvgIpc) is 2.88. The van der Waals surface area contributed by atoms with Crippen molar-refractivity contribution in [1.82, 2.24) is 9.97 Å². The second-order valence-electron chi connectivity index (χ2n) is 2.93. The first-order valence-electron chi connectivity index (χ1n) is 3.88. The molecule has 0 saturated heterocycles. The van der Waals surface area contributed by atoms with E-state index < -0.39 is 0 Å². The van der Waals surface area contributed by atoms with Crippen LogP contribution in [-0.4, -0.2) is 9.97 Å². The Hall–Kier alpha value is -0.150. The van der Waals surface area contributed by atoms with Gasteiger partial charge in [-0.3, -0.25) is 0 Å². The van der Waals surface area contributed by atoms with Gasteiger partial charge in [-0.25, -0.2) is 9.97 Å². The molecule has 0 amide bonds. The molecule has 0 aromatic carbocycles. The van der Waals surface area contributed by atoms with Crippen molar-refractivity contribution in [3.05, 3.63) is 22.2 Å². The molecule has 1 heterocycles. The van der Waals surface area contributed by atoms with Gasteiger partial charge in [-0.15, -0.1) is 11.6 Å². The smallest absolute Gasteiger partial charge is 0.131 e. The lowest BCUT2D eigenvalue weighted by Crippen LogP contribution is -1.96. The summed E-state index contributed by atoms with van der Waals surface area (Å²) in [5.74, 6) is 2.00. The van der Waals surface area contributed by atoms with Crippen LogP contribution in [0.2, 0.25) is 0 Å². The SMILES string of the molecule is ClCc1nc(C2CC2)ncc1Br. The van der Waals surface area contributed by atoms with Crippen molar-refractivity contribution in [3.63, 3.8) is 0 Å². The molecule has 0 radical (unpaired) electrons. The molecule has 2 nitrogen and oxygen atoms in total. The van der Waals surface area contributed by atoms with Gasteiger partial charge in [-0.1, -0.05) is 0 Å². The zero-order valence-corrected chi connectivity index (χ0v) is 8.77. The van der Waals surface area contributed by atoms with Crippen molar-refractivity contribution in [3.8, 4) is 0 Å². The van der Waals surface area contributed by atoms with Crippen LogP contribution in [0, 0.1) is 0 Å². The van der Waals surface area contributed by atoms with Crippen LogP contribution in [0.1, 0.15) is 30.3 Å². The number of aromatic nitrogens is 2. The minimum Gasteiger partial charge on any atom is -0.240 e. The number of hydrogen-bond donors (Lipinski definition) is 0. The Labute approximate surface area is 84.5 Å². The van der Waals surface area contributed by atoms with Crippen molar-refractivity contribution >= 4 is 27.5 Å². The molecule has 4 heteroatoms. The summed E-state index contributed by atoms with van der Waals surface area (Å²) in [6.07, 6.45) is 4.24. The Morgan fingerprint density at radius 3 is 2.92 bits per heavy atom. The second-order valence-corrected chi connectivity index (χ2v) is 4.05. The van der Waals surface area contributed by atoms with Gasteiger partial charge in [0.1, 0.15) is 5.82 Å². The first-order valence-corrected chi connectivity index (χ1v) is 5.21. The molecule has 2 rings (SSSR count). The summed E-state index contributed by atoms with van der Waals surface area (Å²) in [4.78, 5) is 8.60. The summed E-state index contributed by atoms with van der Waals surface area (Å²) in [5, 5.41) is 0. The Kier molecular flexibility index (Phi) is 2.33. The lowest BCUT2D eigenvalue weighted by atomic mass is 10.3. The molecule has 1 aromatic heterocycles. The van der Waals surface area contributed by atoms with Gasteiger partial charge in [0.2, 0.25) is 0 Å². The van der Waals surface area contributed by atoms with E-state index in [1.54, 1.807) is 6.20 Å². The summed E-state index contributed by atoms with van der Waals surface area (Å²) in [5.41, 5.74) is 0.897. The van der Waals surface area contributed by atoms with Gasteiger partial charge < -0.3 is 0 Å². The minimum atomic E-state index is 0.447. The van der Waals surface area contributed by atoms with Crippen LogP contribution >= 0.6 is 27.5 Å². The highest BCUT2D eigenvalue weighted by Crippen LogP contribution is 2.38. The van der Waals surface area contributed by atoms with E-state index in [4.69, 9.17) is 11.6 Å². The topological polar surface area (TPSA) is 25.8 Å². The van der Waals surface area contributed by atoms with E-state index in [9.17, 15) is 0 Å². The number of alkyl halides is 1. The molecule has 0 atom stereocenters. The van der Waals surface area contributed by atoms with Gasteiger partial charge in [0.15, 0.2) is 0 Å². The molecule has 0 bridgehead atoms. The Balaban J connectivity index is 2.33. The van der Waals surface area contributed by atoms with Crippen molar-refractivity contribution in [1.29, 1.82) is 0 Å². The van der Waals surface area contributed by atoms with Crippen LogP contribution in [-0.2, 0) is 5.88 Å². The van der Waals surface area contributed by atoms with E-state index >= 15 is 0 Å². The fourth-order valence-electron chi connectivity index (χ4n) is 1.05. The van der Waals surface area contributed by atoms with Crippen molar-refractivity contribution < 1.29 is 0 Å². The highest BCUT2D eigenvalue weighted by Gasteiger charge is 2.26. The number of rotatable bonds is 2. The first kappa shape index (κ1) is 8.45. The summed E-state index contributed by atoms with van der Waals surface area (Å²) in [6, 6.07) is 0. The van der Waals surface area contributed by atoms with Crippen LogP contribution in [0.3, 0.4) is 0 Å². The van der Waals surface area contributed by atoms with Gasteiger partial charge in [0.05, 0.1) is 16.0 Å². The standard InChI is InChI=1S/C8H8BrClN2/c9-6-4-11-8(5-1-2-5)12-7(6)3-10/h4-5H,1-3H2. The zero-order valence-electron chi connectivity index (χ0n) is 6.43. The van der Waals surface area contributed by atoms with Crippen LogP contribution < -0.4 is 0 Å². The third-order valence-electron chi connectivity index (χ3n) is 1.90. The van der Waals surface area contributed by atoms with Crippen LogP contribution in [0.4, 0.5) is 0 Å². The molecule has 0 N–H and O–H groups in total. The molecule has 1 fully saturated rings. The maximum absolute atomic E-state index is 5.71. The van der Waals surface area contributed by atoms with Gasteiger partial charge >= 0.3 is 0 Å². The Morgan fingerprint density at radius 2 is 2.33 bits per heavy atom. The van der Waals surface area contributed by atoms with E-state index in [2.05, 4.69) is 25.9 Å². The Bertz CT molecular complexity index is 299. The molecule has 1 aliphatic carbocycles. The van der Waals surface area contributed by atoms with Crippen molar-refractivity contribution in [2.75, 3.05) is 0 Å². The zero-order chi connectivity index (χ0) is 8.55. The molecule has 0 aliphatic heterocycles. The third kappa shape index (κ3) is 1.62. The molecule has 1 aromatic rings. The van der Waals surface area contributed by atoms with Crippen LogP contribution in [0.25, 0.3) is 0 Å². The maximum Gasteiger partial charge on any atom is 0.131 e. The quantitative estimate of drug-likeness (QED) is 0.751. The summed E-state index contributed by atoms with van der Waals surface area (Å²) >= 11 is 9.06. The molecule has 12 heavy (non-hydrogen) atoms.